The zero-order valence-electron chi connectivity index (χ0n) is 7.22. The maximum atomic E-state index is 13.0. The minimum Gasteiger partial charge on any atom is -0.394 e. The third kappa shape index (κ3) is 2.02. The van der Waals surface area contributed by atoms with E-state index in [1.165, 1.54) is 13.0 Å². The van der Waals surface area contributed by atoms with Gasteiger partial charge in [0.05, 0.1) is 12.6 Å². The Bertz CT molecular complexity index is 315. The van der Waals surface area contributed by atoms with Gasteiger partial charge in [0, 0.05) is 11.6 Å². The van der Waals surface area contributed by atoms with Crippen molar-refractivity contribution in [1.29, 1.82) is 0 Å². The monoisotopic (exact) mass is 187 g/mol. The molecule has 0 fully saturated rings. The van der Waals surface area contributed by atoms with Crippen molar-refractivity contribution in [2.75, 3.05) is 6.61 Å². The summed E-state index contributed by atoms with van der Waals surface area (Å²) in [6, 6.07) is 1.30. The molecule has 1 aromatic rings. The van der Waals surface area contributed by atoms with Crippen molar-refractivity contribution in [3.63, 3.8) is 0 Å². The van der Waals surface area contributed by atoms with Gasteiger partial charge in [-0.05, 0) is 18.6 Å². The Hall–Kier alpha value is -1.00. The van der Waals surface area contributed by atoms with Gasteiger partial charge < -0.3 is 10.8 Å². The average Bonchev–Trinajstić information content (AvgIpc) is 2.10. The second kappa shape index (κ2) is 3.81. The van der Waals surface area contributed by atoms with Crippen molar-refractivity contribution in [3.05, 3.63) is 34.9 Å². The van der Waals surface area contributed by atoms with E-state index in [4.69, 9.17) is 10.8 Å². The first kappa shape index (κ1) is 10.1. The van der Waals surface area contributed by atoms with Crippen molar-refractivity contribution in [1.82, 2.24) is 0 Å². The van der Waals surface area contributed by atoms with Crippen LogP contribution < -0.4 is 5.73 Å². The summed E-state index contributed by atoms with van der Waals surface area (Å²) in [6.07, 6.45) is 0. The smallest absolute Gasteiger partial charge is 0.130 e. The Morgan fingerprint density at radius 3 is 2.54 bits per heavy atom. The number of hydrogen-bond acceptors (Lipinski definition) is 2. The standard InChI is InChI=1S/C9H11F2NO/c1-5-2-6(9(12)4-13)8(11)3-7(5)10/h2-3,9,13H,4,12H2,1H3. The molecule has 1 atom stereocenters. The Morgan fingerprint density at radius 2 is 2.00 bits per heavy atom. The first-order chi connectivity index (χ1) is 6.06. The first-order valence-electron chi connectivity index (χ1n) is 3.88. The van der Waals surface area contributed by atoms with Crippen molar-refractivity contribution in [2.45, 2.75) is 13.0 Å². The lowest BCUT2D eigenvalue weighted by Crippen LogP contribution is -2.16. The van der Waals surface area contributed by atoms with E-state index in [9.17, 15) is 8.78 Å². The lowest BCUT2D eigenvalue weighted by molar-refractivity contribution is 0.265. The summed E-state index contributed by atoms with van der Waals surface area (Å²) in [4.78, 5) is 0. The van der Waals surface area contributed by atoms with Crippen molar-refractivity contribution >= 4 is 0 Å². The summed E-state index contributed by atoms with van der Waals surface area (Å²) in [5.74, 6) is -1.32. The second-order valence-corrected chi connectivity index (χ2v) is 2.91. The van der Waals surface area contributed by atoms with Crippen LogP contribution in [0.2, 0.25) is 0 Å². The molecule has 0 spiro atoms. The highest BCUT2D eigenvalue weighted by Gasteiger charge is 2.12. The van der Waals surface area contributed by atoms with Crippen LogP contribution in [-0.4, -0.2) is 11.7 Å². The van der Waals surface area contributed by atoms with Crippen molar-refractivity contribution in [3.8, 4) is 0 Å². The maximum absolute atomic E-state index is 13.0. The number of benzene rings is 1. The highest BCUT2D eigenvalue weighted by atomic mass is 19.1. The minimum absolute atomic E-state index is 0.140. The van der Waals surface area contributed by atoms with E-state index in [0.717, 1.165) is 6.07 Å². The molecule has 4 heteroatoms. The van der Waals surface area contributed by atoms with Crippen LogP contribution >= 0.6 is 0 Å². The topological polar surface area (TPSA) is 46.2 Å². The van der Waals surface area contributed by atoms with E-state index in [1.807, 2.05) is 0 Å². The van der Waals surface area contributed by atoms with Crippen LogP contribution in [0.5, 0.6) is 0 Å². The summed E-state index contributed by atoms with van der Waals surface area (Å²) in [5, 5.41) is 8.69. The van der Waals surface area contributed by atoms with Gasteiger partial charge in [0.2, 0.25) is 0 Å². The molecule has 0 radical (unpaired) electrons. The Morgan fingerprint density at radius 1 is 1.38 bits per heavy atom. The molecule has 0 aliphatic carbocycles. The summed E-state index contributed by atoms with van der Waals surface area (Å²) in [6.45, 7) is 1.16. The van der Waals surface area contributed by atoms with Gasteiger partial charge >= 0.3 is 0 Å². The fourth-order valence-electron chi connectivity index (χ4n) is 1.06. The summed E-state index contributed by atoms with van der Waals surface area (Å²) >= 11 is 0. The molecule has 2 nitrogen and oxygen atoms in total. The van der Waals surface area contributed by atoms with Crippen LogP contribution in [0.3, 0.4) is 0 Å². The Labute approximate surface area is 75.0 Å². The zero-order valence-corrected chi connectivity index (χ0v) is 7.22. The molecule has 0 saturated heterocycles. The number of aliphatic hydroxyl groups is 1. The van der Waals surface area contributed by atoms with E-state index < -0.39 is 17.7 Å². The molecule has 0 aliphatic heterocycles. The molecular weight excluding hydrogens is 176 g/mol. The summed E-state index contributed by atoms with van der Waals surface area (Å²) in [5.41, 5.74) is 5.86. The molecule has 0 aromatic heterocycles. The van der Waals surface area contributed by atoms with Crippen LogP contribution in [0.1, 0.15) is 17.2 Å². The molecule has 0 amide bonds. The van der Waals surface area contributed by atoms with Crippen LogP contribution in [0.25, 0.3) is 0 Å². The number of nitrogens with two attached hydrogens (primary N) is 1. The Kier molecular flexibility index (Phi) is 2.95. The largest absolute Gasteiger partial charge is 0.394 e. The fraction of sp³-hybridized carbons (Fsp3) is 0.333. The van der Waals surface area contributed by atoms with Gasteiger partial charge in [-0.25, -0.2) is 8.78 Å². The molecule has 0 aliphatic rings. The average molecular weight is 187 g/mol. The fourth-order valence-corrected chi connectivity index (χ4v) is 1.06. The van der Waals surface area contributed by atoms with Gasteiger partial charge in [-0.1, -0.05) is 0 Å². The molecule has 72 valence electrons. The van der Waals surface area contributed by atoms with E-state index in [-0.39, 0.29) is 12.2 Å². The second-order valence-electron chi connectivity index (χ2n) is 2.91. The number of aliphatic hydroxyl groups excluding tert-OH is 1. The van der Waals surface area contributed by atoms with E-state index in [0.29, 0.717) is 5.56 Å². The molecular formula is C9H11F2NO. The SMILES string of the molecule is Cc1cc(C(N)CO)c(F)cc1F. The zero-order chi connectivity index (χ0) is 10.0. The van der Waals surface area contributed by atoms with E-state index in [2.05, 4.69) is 0 Å². The molecule has 1 unspecified atom stereocenters. The highest BCUT2D eigenvalue weighted by molar-refractivity contribution is 5.28. The highest BCUT2D eigenvalue weighted by Crippen LogP contribution is 2.18. The van der Waals surface area contributed by atoms with Crippen LogP contribution in [0.15, 0.2) is 12.1 Å². The van der Waals surface area contributed by atoms with Gasteiger partial charge in [0.15, 0.2) is 0 Å². The number of rotatable bonds is 2. The third-order valence-corrected chi connectivity index (χ3v) is 1.87. The third-order valence-electron chi connectivity index (χ3n) is 1.87. The Balaban J connectivity index is 3.15. The van der Waals surface area contributed by atoms with Gasteiger partial charge in [0.25, 0.3) is 0 Å². The number of halogens is 2. The van der Waals surface area contributed by atoms with Crippen molar-refractivity contribution in [2.24, 2.45) is 5.73 Å². The molecule has 13 heavy (non-hydrogen) atoms. The van der Waals surface area contributed by atoms with Gasteiger partial charge in [0.1, 0.15) is 11.6 Å². The predicted molar refractivity (Wildman–Crippen MR) is 45.1 cm³/mol. The molecule has 1 aromatic carbocycles. The van der Waals surface area contributed by atoms with Crippen LogP contribution in [0.4, 0.5) is 8.78 Å². The molecule has 1 rings (SSSR count). The summed E-state index contributed by atoms with van der Waals surface area (Å²) < 4.78 is 25.8. The normalized spacial score (nSPS) is 13.0. The van der Waals surface area contributed by atoms with Crippen LogP contribution in [-0.2, 0) is 0 Å². The summed E-state index contributed by atoms with van der Waals surface area (Å²) in [7, 11) is 0. The van der Waals surface area contributed by atoms with Crippen LogP contribution in [0, 0.1) is 18.6 Å². The van der Waals surface area contributed by atoms with Crippen molar-refractivity contribution < 1.29 is 13.9 Å². The van der Waals surface area contributed by atoms with Gasteiger partial charge in [-0.3, -0.25) is 0 Å². The van der Waals surface area contributed by atoms with Gasteiger partial charge in [-0.2, -0.15) is 0 Å². The quantitative estimate of drug-likeness (QED) is 0.732. The molecule has 3 N–H and O–H groups in total. The predicted octanol–water partition coefficient (Wildman–Crippen LogP) is 1.27. The maximum Gasteiger partial charge on any atom is 0.130 e. The van der Waals surface area contributed by atoms with E-state index in [1.54, 1.807) is 0 Å². The molecule has 0 heterocycles. The molecule has 0 saturated carbocycles. The minimum atomic E-state index is -0.792. The first-order valence-corrected chi connectivity index (χ1v) is 3.88. The lowest BCUT2D eigenvalue weighted by atomic mass is 10.0. The van der Waals surface area contributed by atoms with Gasteiger partial charge in [-0.15, -0.1) is 0 Å². The molecule has 0 bridgehead atoms. The number of hydrogen-bond donors (Lipinski definition) is 2. The van der Waals surface area contributed by atoms with E-state index >= 15 is 0 Å². The number of aryl methyl sites for hydroxylation is 1. The lowest BCUT2D eigenvalue weighted by Gasteiger charge is -2.10.